The molecule has 0 amide bonds. The second-order valence-electron chi connectivity index (χ2n) is 5.94. The van der Waals surface area contributed by atoms with Crippen LogP contribution in [0.15, 0.2) is 42.5 Å². The number of rotatable bonds is 10. The Morgan fingerprint density at radius 2 is 1.96 bits per heavy atom. The number of nitrogens with zero attached hydrogens (tertiary/aromatic N) is 1. The number of carboxylic acids is 1. The van der Waals surface area contributed by atoms with Crippen LogP contribution >= 0.6 is 0 Å². The van der Waals surface area contributed by atoms with Crippen LogP contribution in [-0.4, -0.2) is 35.0 Å². The SMILES string of the molecule is C=C(CCN(c1ccccc1)C(O)C(C)CC(=O)O)C(N)CC. The van der Waals surface area contributed by atoms with Gasteiger partial charge in [0.05, 0.1) is 6.42 Å². The van der Waals surface area contributed by atoms with E-state index >= 15 is 0 Å². The maximum Gasteiger partial charge on any atom is 0.303 e. The number of carbonyl (C=O) groups is 1. The molecular formula is C18H28N2O3. The van der Waals surface area contributed by atoms with E-state index in [9.17, 15) is 9.90 Å². The molecule has 0 fully saturated rings. The zero-order valence-corrected chi connectivity index (χ0v) is 14.0. The van der Waals surface area contributed by atoms with Crippen LogP contribution in [0.5, 0.6) is 0 Å². The van der Waals surface area contributed by atoms with E-state index in [1.54, 1.807) is 6.92 Å². The van der Waals surface area contributed by atoms with Gasteiger partial charge in [-0.05, 0) is 25.0 Å². The summed E-state index contributed by atoms with van der Waals surface area (Å²) in [6.07, 6.45) is 0.516. The Labute approximate surface area is 138 Å². The highest BCUT2D eigenvalue weighted by molar-refractivity contribution is 5.67. The number of aliphatic carboxylic acids is 1. The lowest BCUT2D eigenvalue weighted by Gasteiger charge is -2.34. The lowest BCUT2D eigenvalue weighted by atomic mass is 10.0. The Balaban J connectivity index is 2.85. The van der Waals surface area contributed by atoms with Crippen molar-refractivity contribution in [3.8, 4) is 0 Å². The molecule has 0 spiro atoms. The van der Waals surface area contributed by atoms with Gasteiger partial charge in [0.2, 0.25) is 0 Å². The smallest absolute Gasteiger partial charge is 0.303 e. The van der Waals surface area contributed by atoms with Crippen molar-refractivity contribution in [1.29, 1.82) is 0 Å². The highest BCUT2D eigenvalue weighted by Gasteiger charge is 2.24. The van der Waals surface area contributed by atoms with Crippen molar-refractivity contribution in [3.05, 3.63) is 42.5 Å². The van der Waals surface area contributed by atoms with Gasteiger partial charge in [0.25, 0.3) is 0 Å². The number of nitrogens with two attached hydrogens (primary N) is 1. The number of aliphatic hydroxyl groups is 1. The van der Waals surface area contributed by atoms with E-state index in [0.717, 1.165) is 17.7 Å². The third-order valence-electron chi connectivity index (χ3n) is 4.05. The van der Waals surface area contributed by atoms with Crippen molar-refractivity contribution < 1.29 is 15.0 Å². The molecular weight excluding hydrogens is 292 g/mol. The molecule has 0 aliphatic carbocycles. The number of para-hydroxylation sites is 1. The third-order valence-corrected chi connectivity index (χ3v) is 4.05. The van der Waals surface area contributed by atoms with Crippen LogP contribution < -0.4 is 10.6 Å². The largest absolute Gasteiger partial charge is 0.481 e. The van der Waals surface area contributed by atoms with Crippen molar-refractivity contribution in [1.82, 2.24) is 0 Å². The van der Waals surface area contributed by atoms with Crippen molar-refractivity contribution in [2.45, 2.75) is 45.4 Å². The van der Waals surface area contributed by atoms with Crippen LogP contribution in [0.25, 0.3) is 0 Å². The molecule has 0 aromatic heterocycles. The van der Waals surface area contributed by atoms with E-state index in [0.29, 0.717) is 13.0 Å². The van der Waals surface area contributed by atoms with Crippen LogP contribution in [0.4, 0.5) is 5.69 Å². The summed E-state index contributed by atoms with van der Waals surface area (Å²) in [7, 11) is 0. The van der Waals surface area contributed by atoms with E-state index < -0.39 is 12.2 Å². The minimum absolute atomic E-state index is 0.0544. The van der Waals surface area contributed by atoms with Gasteiger partial charge in [-0.25, -0.2) is 0 Å². The average Bonchev–Trinajstić information content (AvgIpc) is 2.54. The second-order valence-corrected chi connectivity index (χ2v) is 5.94. The van der Waals surface area contributed by atoms with Crippen LogP contribution in [0.3, 0.4) is 0 Å². The monoisotopic (exact) mass is 320 g/mol. The fourth-order valence-corrected chi connectivity index (χ4v) is 2.46. The Kier molecular flexibility index (Phi) is 7.78. The van der Waals surface area contributed by atoms with Crippen LogP contribution in [0.2, 0.25) is 0 Å². The molecule has 128 valence electrons. The van der Waals surface area contributed by atoms with Crippen LogP contribution in [0, 0.1) is 5.92 Å². The lowest BCUT2D eigenvalue weighted by molar-refractivity contribution is -0.138. The molecule has 1 aromatic rings. The average molecular weight is 320 g/mol. The summed E-state index contributed by atoms with van der Waals surface area (Å²) in [5.41, 5.74) is 7.78. The van der Waals surface area contributed by atoms with Gasteiger partial charge in [-0.3, -0.25) is 4.79 Å². The topological polar surface area (TPSA) is 86.8 Å². The molecule has 1 aromatic carbocycles. The van der Waals surface area contributed by atoms with Gasteiger partial charge in [0.1, 0.15) is 6.23 Å². The van der Waals surface area contributed by atoms with Crippen molar-refractivity contribution >= 4 is 11.7 Å². The zero-order valence-electron chi connectivity index (χ0n) is 14.0. The fourth-order valence-electron chi connectivity index (χ4n) is 2.46. The first-order valence-corrected chi connectivity index (χ1v) is 8.01. The van der Waals surface area contributed by atoms with Gasteiger partial charge in [0, 0.05) is 24.2 Å². The van der Waals surface area contributed by atoms with Gasteiger partial charge in [-0.1, -0.05) is 44.2 Å². The fraction of sp³-hybridized carbons (Fsp3) is 0.500. The maximum atomic E-state index is 10.9. The molecule has 0 aliphatic rings. The molecule has 0 saturated heterocycles. The number of hydrogen-bond acceptors (Lipinski definition) is 4. The summed E-state index contributed by atoms with van der Waals surface area (Å²) >= 11 is 0. The zero-order chi connectivity index (χ0) is 17.4. The summed E-state index contributed by atoms with van der Waals surface area (Å²) in [4.78, 5) is 12.7. The molecule has 0 bridgehead atoms. The summed E-state index contributed by atoms with van der Waals surface area (Å²) in [5.74, 6) is -1.30. The highest BCUT2D eigenvalue weighted by Crippen LogP contribution is 2.23. The standard InChI is InChI=1S/C18H28N2O3/c1-4-16(19)13(2)10-11-20(15-8-6-5-7-9-15)18(23)14(3)12-17(21)22/h5-9,14,16,18,23H,2,4,10-12,19H2,1,3H3,(H,21,22). The minimum Gasteiger partial charge on any atom is -0.481 e. The number of carboxylic acid groups (broad SMARTS) is 1. The predicted molar refractivity (Wildman–Crippen MR) is 93.2 cm³/mol. The molecule has 1 rings (SSSR count). The first-order chi connectivity index (χ1) is 10.9. The molecule has 0 aliphatic heterocycles. The number of aliphatic hydroxyl groups excluding tert-OH is 1. The number of benzene rings is 1. The van der Waals surface area contributed by atoms with Crippen molar-refractivity contribution in [2.24, 2.45) is 11.7 Å². The van der Waals surface area contributed by atoms with Crippen molar-refractivity contribution in [2.75, 3.05) is 11.4 Å². The van der Waals surface area contributed by atoms with E-state index in [1.165, 1.54) is 0 Å². The van der Waals surface area contributed by atoms with Gasteiger partial charge in [-0.15, -0.1) is 0 Å². The lowest BCUT2D eigenvalue weighted by Crippen LogP contribution is -2.41. The summed E-state index contributed by atoms with van der Waals surface area (Å²) in [5, 5.41) is 19.5. The molecule has 4 N–H and O–H groups in total. The van der Waals surface area contributed by atoms with E-state index in [1.807, 2.05) is 42.2 Å². The van der Waals surface area contributed by atoms with E-state index in [2.05, 4.69) is 6.58 Å². The Morgan fingerprint density at radius 3 is 2.48 bits per heavy atom. The number of anilines is 1. The molecule has 0 radical (unpaired) electrons. The van der Waals surface area contributed by atoms with Gasteiger partial charge < -0.3 is 20.8 Å². The maximum absolute atomic E-state index is 10.9. The molecule has 0 heterocycles. The Bertz CT molecular complexity index is 504. The van der Waals surface area contributed by atoms with E-state index in [-0.39, 0.29) is 18.4 Å². The first kappa shape index (κ1) is 19.2. The van der Waals surface area contributed by atoms with E-state index in [4.69, 9.17) is 10.8 Å². The molecule has 5 heteroatoms. The molecule has 0 saturated carbocycles. The Hall–Kier alpha value is -1.85. The second kappa shape index (κ2) is 9.33. The summed E-state index contributed by atoms with van der Waals surface area (Å²) in [6.45, 7) is 8.31. The quantitative estimate of drug-likeness (QED) is 0.456. The molecule has 3 atom stereocenters. The summed E-state index contributed by atoms with van der Waals surface area (Å²) in [6, 6.07) is 9.44. The predicted octanol–water partition coefficient (Wildman–Crippen LogP) is 2.61. The van der Waals surface area contributed by atoms with Gasteiger partial charge in [0.15, 0.2) is 0 Å². The van der Waals surface area contributed by atoms with Gasteiger partial charge >= 0.3 is 5.97 Å². The van der Waals surface area contributed by atoms with Crippen LogP contribution in [-0.2, 0) is 4.79 Å². The third kappa shape index (κ3) is 6.04. The minimum atomic E-state index is -0.915. The Morgan fingerprint density at radius 1 is 1.35 bits per heavy atom. The van der Waals surface area contributed by atoms with Gasteiger partial charge in [-0.2, -0.15) is 0 Å². The first-order valence-electron chi connectivity index (χ1n) is 8.01. The summed E-state index contributed by atoms with van der Waals surface area (Å²) < 4.78 is 0. The normalized spacial score (nSPS) is 14.8. The number of hydrogen-bond donors (Lipinski definition) is 3. The van der Waals surface area contributed by atoms with Crippen LogP contribution in [0.1, 0.15) is 33.1 Å². The molecule has 23 heavy (non-hydrogen) atoms. The molecule has 5 nitrogen and oxygen atoms in total. The molecule has 3 unspecified atom stereocenters. The van der Waals surface area contributed by atoms with Crippen molar-refractivity contribution in [3.63, 3.8) is 0 Å². The highest BCUT2D eigenvalue weighted by atomic mass is 16.4.